The maximum Gasteiger partial charge on any atom is 0.304 e. The second-order valence-corrected chi connectivity index (χ2v) is 13.5. The largest absolute Gasteiger partial charge is 0.481 e. The number of thioether (sulfide) groups is 2. The first-order valence-electron chi connectivity index (χ1n) is 12.7. The fraction of sp³-hybridized carbons (Fsp3) is 0.769. The zero-order chi connectivity index (χ0) is 27.6. The highest BCUT2D eigenvalue weighted by Gasteiger charge is 2.50. The van der Waals surface area contributed by atoms with Gasteiger partial charge in [0.25, 0.3) is 0 Å². The molecule has 0 aromatic rings. The summed E-state index contributed by atoms with van der Waals surface area (Å²) in [6.07, 6.45) is 5.53. The predicted molar refractivity (Wildman–Crippen MR) is 156 cm³/mol. The van der Waals surface area contributed by atoms with E-state index in [1.165, 1.54) is 13.3 Å². The molecule has 1 aliphatic carbocycles. The topological polar surface area (TPSA) is 95.8 Å². The summed E-state index contributed by atoms with van der Waals surface area (Å²) in [5, 5.41) is 13.0. The second kappa shape index (κ2) is 15.6. The van der Waals surface area contributed by atoms with Crippen molar-refractivity contribution in [1.82, 2.24) is 5.32 Å². The number of imide groups is 1. The second-order valence-electron chi connectivity index (χ2n) is 9.84. The Bertz CT molecular complexity index is 791. The molecule has 10 heteroatoms. The number of carboxylic acid groups (broad SMARTS) is 1. The van der Waals surface area contributed by atoms with Crippen LogP contribution in [0.4, 0.5) is 0 Å². The van der Waals surface area contributed by atoms with Crippen molar-refractivity contribution in [2.45, 2.75) is 101 Å². The highest BCUT2D eigenvalue weighted by Crippen LogP contribution is 2.51. The Morgan fingerprint density at radius 2 is 1.81 bits per heavy atom. The minimum absolute atomic E-state index is 0.0300. The van der Waals surface area contributed by atoms with Gasteiger partial charge in [0.15, 0.2) is 0 Å². The minimum Gasteiger partial charge on any atom is -0.481 e. The molecule has 6 nitrogen and oxygen atoms in total. The number of halogens is 2. The molecule has 36 heavy (non-hydrogen) atoms. The van der Waals surface area contributed by atoms with Gasteiger partial charge in [0, 0.05) is 39.5 Å². The van der Waals surface area contributed by atoms with Crippen LogP contribution in [-0.2, 0) is 14.4 Å². The lowest BCUT2D eigenvalue weighted by Crippen LogP contribution is -2.46. The summed E-state index contributed by atoms with van der Waals surface area (Å²) in [5.74, 6) is 0.309. The molecule has 0 radical (unpaired) electrons. The first-order valence-corrected chi connectivity index (χ1v) is 15.5. The molecule has 5 atom stereocenters. The molecule has 3 aliphatic rings. The van der Waals surface area contributed by atoms with Crippen LogP contribution >= 0.6 is 46.7 Å². The summed E-state index contributed by atoms with van der Waals surface area (Å²) in [6.45, 7) is 15.0. The molecular formula is C26H42Cl2N2O4S2. The number of aliphatic imine (C=N–C) groups is 1. The van der Waals surface area contributed by atoms with Crippen molar-refractivity contribution in [3.05, 3.63) is 12.7 Å². The SMILES string of the molecule is C=CC(=O)NC(C)=O.CC.CC1CC(Cl)C(C(C)(C)C2=NC(C3CCCS3)C(CC(=O)O)S2)C(Cl)C1. The van der Waals surface area contributed by atoms with Gasteiger partial charge in [-0.1, -0.05) is 41.2 Å². The summed E-state index contributed by atoms with van der Waals surface area (Å²) < 4.78 is 0. The molecule has 0 spiro atoms. The molecule has 0 bridgehead atoms. The first-order chi connectivity index (χ1) is 16.9. The highest BCUT2D eigenvalue weighted by atomic mass is 35.5. The minimum atomic E-state index is -0.735. The highest BCUT2D eigenvalue weighted by molar-refractivity contribution is 8.15. The van der Waals surface area contributed by atoms with E-state index in [2.05, 4.69) is 27.4 Å². The van der Waals surface area contributed by atoms with Crippen molar-refractivity contribution < 1.29 is 19.5 Å². The van der Waals surface area contributed by atoms with Gasteiger partial charge in [0.2, 0.25) is 11.8 Å². The van der Waals surface area contributed by atoms with Crippen LogP contribution in [0, 0.1) is 17.3 Å². The summed E-state index contributed by atoms with van der Waals surface area (Å²) in [4.78, 5) is 36.7. The maximum atomic E-state index is 11.4. The summed E-state index contributed by atoms with van der Waals surface area (Å²) >= 11 is 17.2. The Kier molecular flexibility index (Phi) is 14.5. The van der Waals surface area contributed by atoms with Gasteiger partial charge in [-0.15, -0.1) is 35.0 Å². The maximum absolute atomic E-state index is 11.4. The summed E-state index contributed by atoms with van der Waals surface area (Å²) in [6, 6.07) is 0.0999. The van der Waals surface area contributed by atoms with Gasteiger partial charge in [-0.05, 0) is 43.4 Å². The Hall–Kier alpha value is -0.700. The lowest BCUT2D eigenvalue weighted by molar-refractivity contribution is -0.137. The quantitative estimate of drug-likeness (QED) is 0.279. The van der Waals surface area contributed by atoms with Crippen molar-refractivity contribution in [3.8, 4) is 0 Å². The summed E-state index contributed by atoms with van der Waals surface area (Å²) in [5.41, 5.74) is -0.224. The van der Waals surface area contributed by atoms with Gasteiger partial charge < -0.3 is 5.11 Å². The van der Waals surface area contributed by atoms with E-state index in [9.17, 15) is 19.5 Å². The molecule has 2 heterocycles. The average molecular weight is 582 g/mol. The van der Waals surface area contributed by atoms with E-state index in [0.29, 0.717) is 11.2 Å². The van der Waals surface area contributed by atoms with Crippen LogP contribution in [0.2, 0.25) is 0 Å². The van der Waals surface area contributed by atoms with Crippen molar-refractivity contribution in [3.63, 3.8) is 0 Å². The van der Waals surface area contributed by atoms with E-state index >= 15 is 0 Å². The lowest BCUT2D eigenvalue weighted by atomic mass is 9.68. The number of rotatable bonds is 6. The number of nitrogens with zero attached hydrogens (tertiary/aromatic N) is 1. The molecular weight excluding hydrogens is 539 g/mol. The molecule has 0 aromatic heterocycles. The molecule has 1 saturated heterocycles. The molecule has 2 amide bonds. The lowest BCUT2D eigenvalue weighted by Gasteiger charge is -2.44. The Morgan fingerprint density at radius 1 is 1.22 bits per heavy atom. The zero-order valence-electron chi connectivity index (χ0n) is 22.3. The number of nitrogens with one attached hydrogen (secondary N) is 1. The fourth-order valence-electron chi connectivity index (χ4n) is 4.97. The standard InChI is InChI=1S/C19H29Cl2NO2S2.C5H7NO2.C2H6/c1-10-7-11(20)16(12(21)8-10)19(2,3)18-22-17(13-5-4-6-25-13)14(26-18)9-15(23)24;1-3-5(8)6-4(2)7;1-2/h10-14,16-17H,4-9H2,1-3H3,(H,23,24);3H,1H2,2H3,(H,6,7,8);1-2H3. The fourth-order valence-corrected chi connectivity index (χ4v) is 9.67. The molecule has 2 aliphatic heterocycles. The van der Waals surface area contributed by atoms with Gasteiger partial charge >= 0.3 is 5.97 Å². The van der Waals surface area contributed by atoms with Gasteiger partial charge in [0.05, 0.1) is 17.5 Å². The van der Waals surface area contributed by atoms with Crippen molar-refractivity contribution in [1.29, 1.82) is 0 Å². The van der Waals surface area contributed by atoms with E-state index in [0.717, 1.165) is 36.1 Å². The van der Waals surface area contributed by atoms with Crippen LogP contribution in [0.3, 0.4) is 0 Å². The van der Waals surface area contributed by atoms with Crippen LogP contribution in [0.1, 0.15) is 73.6 Å². The zero-order valence-corrected chi connectivity index (χ0v) is 25.4. The normalized spacial score (nSPS) is 31.7. The molecule has 3 rings (SSSR count). The van der Waals surface area contributed by atoms with Crippen LogP contribution in [0.15, 0.2) is 17.6 Å². The Morgan fingerprint density at radius 3 is 2.22 bits per heavy atom. The number of carbonyl (C=O) groups excluding carboxylic acids is 2. The first kappa shape index (κ1) is 33.3. The number of carbonyl (C=O) groups is 3. The smallest absolute Gasteiger partial charge is 0.304 e. The van der Waals surface area contributed by atoms with Gasteiger partial charge in [-0.3, -0.25) is 24.7 Å². The van der Waals surface area contributed by atoms with Crippen LogP contribution in [0.5, 0.6) is 0 Å². The number of carboxylic acids is 1. The summed E-state index contributed by atoms with van der Waals surface area (Å²) in [7, 11) is 0. The monoisotopic (exact) mass is 580 g/mol. The van der Waals surface area contributed by atoms with E-state index in [-0.39, 0.29) is 45.7 Å². The van der Waals surface area contributed by atoms with Crippen molar-refractivity contribution in [2.75, 3.05) is 5.75 Å². The molecule has 206 valence electrons. The third-order valence-electron chi connectivity index (χ3n) is 6.54. The molecule has 5 unspecified atom stereocenters. The van der Waals surface area contributed by atoms with Crippen LogP contribution in [-0.4, -0.2) is 61.0 Å². The van der Waals surface area contributed by atoms with E-state index in [1.807, 2.05) is 30.9 Å². The van der Waals surface area contributed by atoms with Gasteiger partial charge in [-0.25, -0.2) is 0 Å². The number of aliphatic carboxylic acids is 1. The Labute approximate surface area is 235 Å². The van der Waals surface area contributed by atoms with E-state index in [4.69, 9.17) is 28.2 Å². The van der Waals surface area contributed by atoms with Crippen LogP contribution in [0.25, 0.3) is 0 Å². The molecule has 0 aromatic carbocycles. The molecule has 1 saturated carbocycles. The van der Waals surface area contributed by atoms with Gasteiger partial charge in [-0.2, -0.15) is 11.8 Å². The Balaban J connectivity index is 0.000000554. The van der Waals surface area contributed by atoms with Gasteiger partial charge in [0.1, 0.15) is 0 Å². The average Bonchev–Trinajstić information content (AvgIpc) is 3.44. The third kappa shape index (κ3) is 9.55. The number of hydrogen-bond acceptors (Lipinski definition) is 6. The molecule has 2 fully saturated rings. The van der Waals surface area contributed by atoms with Crippen LogP contribution < -0.4 is 5.32 Å². The van der Waals surface area contributed by atoms with Crippen molar-refractivity contribution >= 4 is 69.6 Å². The number of amides is 2. The predicted octanol–water partition coefficient (Wildman–Crippen LogP) is 6.39. The number of alkyl halides is 2. The molecule has 2 N–H and O–H groups in total. The van der Waals surface area contributed by atoms with E-state index in [1.54, 1.807) is 11.8 Å². The number of hydrogen-bond donors (Lipinski definition) is 2. The van der Waals surface area contributed by atoms with E-state index < -0.39 is 11.9 Å². The third-order valence-corrected chi connectivity index (χ3v) is 10.5. The van der Waals surface area contributed by atoms with Crippen molar-refractivity contribution in [2.24, 2.45) is 22.2 Å².